The lowest BCUT2D eigenvalue weighted by atomic mass is 9.86. The molecule has 0 aliphatic heterocycles. The molecular formula is C13H28. The molecule has 0 aromatic rings. The first-order valence-corrected chi connectivity index (χ1v) is 5.91. The van der Waals surface area contributed by atoms with E-state index in [4.69, 9.17) is 0 Å². The average Bonchev–Trinajstić information content (AvgIpc) is 1.80. The second kappa shape index (κ2) is 6.45. The van der Waals surface area contributed by atoms with Crippen molar-refractivity contribution >= 4 is 0 Å². The minimum absolute atomic E-state index is 0.862. The smallest absolute Gasteiger partial charge is 0.0438 e. The van der Waals surface area contributed by atoms with E-state index in [2.05, 4.69) is 41.5 Å². The first kappa shape index (κ1) is 13.0. The fourth-order valence-corrected chi connectivity index (χ4v) is 2.49. The summed E-state index contributed by atoms with van der Waals surface area (Å²) in [5.74, 6) is 3.55. The Morgan fingerprint density at radius 3 is 1.08 bits per heavy atom. The fourth-order valence-electron chi connectivity index (χ4n) is 2.49. The summed E-state index contributed by atoms with van der Waals surface area (Å²) in [7, 11) is 0. The largest absolute Gasteiger partial charge is 0.0628 e. The maximum absolute atomic E-state index is 2.40. The Bertz CT molecular complexity index is 99.2. The van der Waals surface area contributed by atoms with E-state index < -0.39 is 0 Å². The molecule has 0 amide bonds. The second-order valence-electron chi connectivity index (χ2n) is 5.71. The van der Waals surface area contributed by atoms with Gasteiger partial charge in [-0.15, -0.1) is 0 Å². The van der Waals surface area contributed by atoms with Crippen molar-refractivity contribution in [2.75, 3.05) is 0 Å². The lowest BCUT2D eigenvalue weighted by Crippen LogP contribution is -2.08. The number of hydrogen-bond donors (Lipinski definition) is 0. The van der Waals surface area contributed by atoms with Crippen molar-refractivity contribution in [3.05, 3.63) is 0 Å². The molecule has 0 heterocycles. The Kier molecular flexibility index (Phi) is 6.45. The maximum Gasteiger partial charge on any atom is -0.0438 e. The van der Waals surface area contributed by atoms with E-state index in [0.717, 1.165) is 23.7 Å². The van der Waals surface area contributed by atoms with Crippen LogP contribution in [0, 0.1) is 23.7 Å². The fraction of sp³-hybridized carbons (Fsp3) is 1.00. The topological polar surface area (TPSA) is 0 Å². The van der Waals surface area contributed by atoms with Crippen LogP contribution < -0.4 is 0 Å². The summed E-state index contributed by atoms with van der Waals surface area (Å²) in [5, 5.41) is 0. The second-order valence-corrected chi connectivity index (χ2v) is 5.71. The van der Waals surface area contributed by atoms with Gasteiger partial charge in [-0.25, -0.2) is 0 Å². The van der Waals surface area contributed by atoms with Gasteiger partial charge in [0.15, 0.2) is 0 Å². The molecule has 0 spiro atoms. The average molecular weight is 184 g/mol. The third-order valence-electron chi connectivity index (χ3n) is 2.55. The monoisotopic (exact) mass is 184 g/mol. The normalized spacial score (nSPS) is 16.6. The molecule has 0 aliphatic rings. The van der Waals surface area contributed by atoms with Crippen LogP contribution in [0.5, 0.6) is 0 Å². The Hall–Kier alpha value is 0. The molecule has 2 atom stereocenters. The summed E-state index contributed by atoms with van der Waals surface area (Å²) >= 11 is 0. The van der Waals surface area contributed by atoms with Gasteiger partial charge in [0.1, 0.15) is 0 Å². The lowest BCUT2D eigenvalue weighted by Gasteiger charge is -2.20. The highest BCUT2D eigenvalue weighted by Gasteiger charge is 2.11. The third-order valence-corrected chi connectivity index (χ3v) is 2.55. The quantitative estimate of drug-likeness (QED) is 0.559. The molecule has 0 radical (unpaired) electrons. The molecule has 0 aromatic heterocycles. The van der Waals surface area contributed by atoms with Crippen molar-refractivity contribution in [2.45, 2.75) is 60.8 Å². The van der Waals surface area contributed by atoms with Gasteiger partial charge in [-0.3, -0.25) is 0 Å². The Balaban J connectivity index is 3.58. The molecule has 13 heavy (non-hydrogen) atoms. The molecule has 0 nitrogen and oxygen atoms in total. The van der Waals surface area contributed by atoms with Gasteiger partial charge in [-0.2, -0.15) is 0 Å². The van der Waals surface area contributed by atoms with Gasteiger partial charge in [-0.1, -0.05) is 41.5 Å². The molecule has 0 aromatic carbocycles. The van der Waals surface area contributed by atoms with Crippen LogP contribution in [-0.2, 0) is 0 Å². The molecule has 0 saturated carbocycles. The summed E-state index contributed by atoms with van der Waals surface area (Å²) in [6, 6.07) is 0. The highest BCUT2D eigenvalue weighted by Crippen LogP contribution is 2.23. The molecule has 80 valence electrons. The summed E-state index contributed by atoms with van der Waals surface area (Å²) in [4.78, 5) is 0. The van der Waals surface area contributed by atoms with Crippen LogP contribution in [0.4, 0.5) is 0 Å². The van der Waals surface area contributed by atoms with Crippen LogP contribution in [-0.4, -0.2) is 0 Å². The molecule has 0 fully saturated rings. The third kappa shape index (κ3) is 8.33. The van der Waals surface area contributed by atoms with E-state index in [1.165, 1.54) is 19.3 Å². The SMILES string of the molecule is CC(C)CC(C)CC(C)CC(C)C. The van der Waals surface area contributed by atoms with E-state index in [9.17, 15) is 0 Å². The first-order valence-electron chi connectivity index (χ1n) is 5.91. The minimum Gasteiger partial charge on any atom is -0.0628 e. The van der Waals surface area contributed by atoms with Crippen LogP contribution >= 0.6 is 0 Å². The zero-order valence-electron chi connectivity index (χ0n) is 10.4. The zero-order chi connectivity index (χ0) is 10.4. The molecule has 0 saturated heterocycles. The zero-order valence-corrected chi connectivity index (χ0v) is 10.4. The summed E-state index contributed by atoms with van der Waals surface area (Å²) in [6.45, 7) is 14.1. The van der Waals surface area contributed by atoms with E-state index >= 15 is 0 Å². The molecule has 0 rings (SSSR count). The first-order chi connectivity index (χ1) is 5.91. The standard InChI is InChI=1S/C13H28/c1-10(2)7-12(5)9-13(6)8-11(3)4/h10-13H,7-9H2,1-6H3. The van der Waals surface area contributed by atoms with Gasteiger partial charge in [0, 0.05) is 0 Å². The Labute approximate surface area is 85.1 Å². The van der Waals surface area contributed by atoms with Crippen molar-refractivity contribution in [1.29, 1.82) is 0 Å². The predicted octanol–water partition coefficient (Wildman–Crippen LogP) is 4.74. The Morgan fingerprint density at radius 1 is 0.538 bits per heavy atom. The minimum atomic E-state index is 0.862. The molecule has 0 N–H and O–H groups in total. The number of hydrogen-bond acceptors (Lipinski definition) is 0. The van der Waals surface area contributed by atoms with Gasteiger partial charge in [-0.05, 0) is 42.9 Å². The Morgan fingerprint density at radius 2 is 0.846 bits per heavy atom. The molecule has 2 unspecified atom stereocenters. The molecule has 0 bridgehead atoms. The molecule has 0 aliphatic carbocycles. The van der Waals surface area contributed by atoms with E-state index in [1.54, 1.807) is 0 Å². The van der Waals surface area contributed by atoms with Gasteiger partial charge in [0.2, 0.25) is 0 Å². The maximum atomic E-state index is 2.40. The van der Waals surface area contributed by atoms with E-state index in [-0.39, 0.29) is 0 Å². The highest BCUT2D eigenvalue weighted by atomic mass is 14.2. The summed E-state index contributed by atoms with van der Waals surface area (Å²) in [6.07, 6.45) is 4.20. The van der Waals surface area contributed by atoms with Crippen LogP contribution in [0.25, 0.3) is 0 Å². The van der Waals surface area contributed by atoms with Crippen molar-refractivity contribution in [1.82, 2.24) is 0 Å². The van der Waals surface area contributed by atoms with Crippen LogP contribution in [0.15, 0.2) is 0 Å². The lowest BCUT2D eigenvalue weighted by molar-refractivity contribution is 0.320. The van der Waals surface area contributed by atoms with Crippen molar-refractivity contribution in [3.63, 3.8) is 0 Å². The molecular weight excluding hydrogens is 156 g/mol. The van der Waals surface area contributed by atoms with Crippen LogP contribution in [0.1, 0.15) is 60.8 Å². The van der Waals surface area contributed by atoms with Gasteiger partial charge in [0.25, 0.3) is 0 Å². The highest BCUT2D eigenvalue weighted by molar-refractivity contribution is 4.63. The van der Waals surface area contributed by atoms with Gasteiger partial charge < -0.3 is 0 Å². The predicted molar refractivity (Wildman–Crippen MR) is 61.9 cm³/mol. The van der Waals surface area contributed by atoms with Crippen molar-refractivity contribution in [2.24, 2.45) is 23.7 Å². The van der Waals surface area contributed by atoms with Gasteiger partial charge >= 0.3 is 0 Å². The van der Waals surface area contributed by atoms with Gasteiger partial charge in [0.05, 0.1) is 0 Å². The van der Waals surface area contributed by atoms with E-state index in [1.807, 2.05) is 0 Å². The van der Waals surface area contributed by atoms with Crippen LogP contribution in [0.2, 0.25) is 0 Å². The van der Waals surface area contributed by atoms with Crippen molar-refractivity contribution < 1.29 is 0 Å². The van der Waals surface area contributed by atoms with Crippen LogP contribution in [0.3, 0.4) is 0 Å². The van der Waals surface area contributed by atoms with Crippen molar-refractivity contribution in [3.8, 4) is 0 Å². The summed E-state index contributed by atoms with van der Waals surface area (Å²) < 4.78 is 0. The molecule has 0 heteroatoms. The summed E-state index contributed by atoms with van der Waals surface area (Å²) in [5.41, 5.74) is 0. The number of rotatable bonds is 6. The van der Waals surface area contributed by atoms with E-state index in [0.29, 0.717) is 0 Å².